The standard InChI is InChI=1S/C15H17N5O3/c21-14(9-23-15(22)8-20-10-16-18-19-20)17-13-7-3-5-11-4-1-2-6-12(11)13/h1-2,4,6,10,13H,3,5,7-9H2,(H,17,21). The number of tetrazole rings is 1. The molecule has 1 heterocycles. The van der Waals surface area contributed by atoms with E-state index in [4.69, 9.17) is 4.74 Å². The van der Waals surface area contributed by atoms with Gasteiger partial charge in [0.2, 0.25) is 0 Å². The Morgan fingerprint density at radius 2 is 2.22 bits per heavy atom. The Bertz CT molecular complexity index is 686. The summed E-state index contributed by atoms with van der Waals surface area (Å²) in [5, 5.41) is 13.3. The van der Waals surface area contributed by atoms with Gasteiger partial charge in [-0.05, 0) is 40.8 Å². The Morgan fingerprint density at radius 3 is 3.04 bits per heavy atom. The van der Waals surface area contributed by atoms with Crippen molar-refractivity contribution in [2.45, 2.75) is 31.8 Å². The molecular formula is C15H17N5O3. The van der Waals surface area contributed by atoms with Crippen molar-refractivity contribution in [3.8, 4) is 0 Å². The first-order chi connectivity index (χ1) is 11.2. The normalized spacial score (nSPS) is 16.4. The summed E-state index contributed by atoms with van der Waals surface area (Å²) in [6.45, 7) is -0.424. The van der Waals surface area contributed by atoms with E-state index in [0.29, 0.717) is 0 Å². The van der Waals surface area contributed by atoms with E-state index in [2.05, 4.69) is 26.9 Å². The van der Waals surface area contributed by atoms with Crippen LogP contribution in [0.25, 0.3) is 0 Å². The Morgan fingerprint density at radius 1 is 1.35 bits per heavy atom. The number of ether oxygens (including phenoxy) is 1. The first-order valence-corrected chi connectivity index (χ1v) is 7.46. The van der Waals surface area contributed by atoms with E-state index >= 15 is 0 Å². The molecule has 0 fully saturated rings. The van der Waals surface area contributed by atoms with Crippen LogP contribution >= 0.6 is 0 Å². The molecule has 1 aromatic carbocycles. The molecule has 2 aromatic rings. The summed E-state index contributed by atoms with van der Waals surface area (Å²) >= 11 is 0. The van der Waals surface area contributed by atoms with Gasteiger partial charge in [0, 0.05) is 0 Å². The Kier molecular flexibility index (Phi) is 4.60. The lowest BCUT2D eigenvalue weighted by Crippen LogP contribution is -2.34. The maximum absolute atomic E-state index is 12.0. The van der Waals surface area contributed by atoms with Crippen LogP contribution in [-0.4, -0.2) is 38.7 Å². The number of rotatable bonds is 5. The lowest BCUT2D eigenvalue weighted by molar-refractivity contribution is -0.149. The summed E-state index contributed by atoms with van der Waals surface area (Å²) in [4.78, 5) is 23.6. The van der Waals surface area contributed by atoms with E-state index in [9.17, 15) is 9.59 Å². The summed E-state index contributed by atoms with van der Waals surface area (Å²) in [7, 11) is 0. The van der Waals surface area contributed by atoms with Gasteiger partial charge in [0.15, 0.2) is 6.61 Å². The number of hydrogen-bond acceptors (Lipinski definition) is 6. The van der Waals surface area contributed by atoms with Crippen LogP contribution in [0.15, 0.2) is 30.6 Å². The maximum Gasteiger partial charge on any atom is 0.328 e. The molecule has 8 nitrogen and oxygen atoms in total. The second-order valence-corrected chi connectivity index (χ2v) is 5.38. The highest BCUT2D eigenvalue weighted by Crippen LogP contribution is 2.29. The third-order valence-electron chi connectivity index (χ3n) is 3.75. The van der Waals surface area contributed by atoms with Gasteiger partial charge in [-0.25, -0.2) is 4.68 Å². The predicted octanol–water partition coefficient (Wildman–Crippen LogP) is 0.410. The van der Waals surface area contributed by atoms with Gasteiger partial charge in [0.1, 0.15) is 12.9 Å². The number of fused-ring (bicyclic) bond motifs is 1. The van der Waals surface area contributed by atoms with Crippen molar-refractivity contribution in [3.05, 3.63) is 41.7 Å². The second-order valence-electron chi connectivity index (χ2n) is 5.38. The van der Waals surface area contributed by atoms with Gasteiger partial charge in [0.25, 0.3) is 5.91 Å². The lowest BCUT2D eigenvalue weighted by atomic mass is 9.88. The van der Waals surface area contributed by atoms with Crippen LogP contribution in [0.1, 0.15) is 30.0 Å². The van der Waals surface area contributed by atoms with E-state index in [1.807, 2.05) is 18.2 Å². The molecule has 1 N–H and O–H groups in total. The van der Waals surface area contributed by atoms with Gasteiger partial charge in [0.05, 0.1) is 6.04 Å². The minimum Gasteiger partial charge on any atom is -0.454 e. The Balaban J connectivity index is 1.49. The van der Waals surface area contributed by atoms with Gasteiger partial charge in [-0.1, -0.05) is 24.3 Å². The maximum atomic E-state index is 12.0. The first kappa shape index (κ1) is 15.1. The van der Waals surface area contributed by atoms with Gasteiger partial charge in [-0.15, -0.1) is 5.10 Å². The first-order valence-electron chi connectivity index (χ1n) is 7.46. The molecule has 0 radical (unpaired) electrons. The van der Waals surface area contributed by atoms with Crippen LogP contribution in [0.3, 0.4) is 0 Å². The number of benzene rings is 1. The van der Waals surface area contributed by atoms with Crippen molar-refractivity contribution in [1.29, 1.82) is 0 Å². The van der Waals surface area contributed by atoms with Gasteiger partial charge in [-0.2, -0.15) is 0 Å². The van der Waals surface area contributed by atoms with Crippen LogP contribution < -0.4 is 5.32 Å². The van der Waals surface area contributed by atoms with Gasteiger partial charge >= 0.3 is 5.97 Å². The number of aryl methyl sites for hydroxylation is 1. The molecule has 1 unspecified atom stereocenters. The number of nitrogens with zero attached hydrogens (tertiary/aromatic N) is 4. The number of esters is 1. The zero-order valence-corrected chi connectivity index (χ0v) is 12.5. The third kappa shape index (κ3) is 3.91. The monoisotopic (exact) mass is 315 g/mol. The molecule has 0 aliphatic heterocycles. The molecule has 1 amide bonds. The lowest BCUT2D eigenvalue weighted by Gasteiger charge is -2.26. The summed E-state index contributed by atoms with van der Waals surface area (Å²) < 4.78 is 6.17. The third-order valence-corrected chi connectivity index (χ3v) is 3.75. The quantitative estimate of drug-likeness (QED) is 0.802. The molecule has 0 spiro atoms. The average molecular weight is 315 g/mol. The van der Waals surface area contributed by atoms with E-state index in [1.54, 1.807) is 0 Å². The smallest absolute Gasteiger partial charge is 0.328 e. The highest BCUT2D eigenvalue weighted by Gasteiger charge is 2.21. The minimum absolute atomic E-state index is 0.0225. The number of aromatic nitrogens is 4. The van der Waals surface area contributed by atoms with Crippen LogP contribution in [0.4, 0.5) is 0 Å². The molecule has 0 saturated heterocycles. The van der Waals surface area contributed by atoms with Crippen molar-refractivity contribution in [2.24, 2.45) is 0 Å². The highest BCUT2D eigenvalue weighted by atomic mass is 16.5. The van der Waals surface area contributed by atoms with Gasteiger partial charge in [-0.3, -0.25) is 9.59 Å². The number of carbonyl (C=O) groups excluding carboxylic acids is 2. The van der Waals surface area contributed by atoms with Crippen LogP contribution in [0, 0.1) is 0 Å². The van der Waals surface area contributed by atoms with Crippen molar-refractivity contribution in [3.63, 3.8) is 0 Å². The molecule has 8 heteroatoms. The summed E-state index contributed by atoms with van der Waals surface area (Å²) in [6, 6.07) is 8.06. The average Bonchev–Trinajstić information content (AvgIpc) is 3.06. The molecule has 1 aliphatic rings. The largest absolute Gasteiger partial charge is 0.454 e. The molecule has 0 saturated carbocycles. The fraction of sp³-hybridized carbons (Fsp3) is 0.400. The minimum atomic E-state index is -0.559. The highest BCUT2D eigenvalue weighted by molar-refractivity contribution is 5.80. The van der Waals surface area contributed by atoms with Crippen molar-refractivity contribution in [1.82, 2.24) is 25.5 Å². The summed E-state index contributed by atoms with van der Waals surface area (Å²) in [5.74, 6) is -0.867. The van der Waals surface area contributed by atoms with E-state index in [0.717, 1.165) is 24.8 Å². The molecule has 0 bridgehead atoms. The fourth-order valence-electron chi connectivity index (χ4n) is 2.72. The zero-order valence-electron chi connectivity index (χ0n) is 12.5. The Hall–Kier alpha value is -2.77. The van der Waals surface area contributed by atoms with Gasteiger partial charge < -0.3 is 10.1 Å². The molecule has 120 valence electrons. The predicted molar refractivity (Wildman–Crippen MR) is 79.0 cm³/mol. The molecule has 23 heavy (non-hydrogen) atoms. The zero-order chi connectivity index (χ0) is 16.1. The summed E-state index contributed by atoms with van der Waals surface area (Å²) in [5.41, 5.74) is 2.41. The van der Waals surface area contributed by atoms with Crippen LogP contribution in [-0.2, 0) is 27.3 Å². The van der Waals surface area contributed by atoms with Crippen LogP contribution in [0.2, 0.25) is 0 Å². The Labute approximate surface area is 132 Å². The van der Waals surface area contributed by atoms with Crippen molar-refractivity contribution in [2.75, 3.05) is 6.61 Å². The molecular weight excluding hydrogens is 298 g/mol. The van der Waals surface area contributed by atoms with Crippen molar-refractivity contribution < 1.29 is 14.3 Å². The number of nitrogens with one attached hydrogen (secondary N) is 1. The van der Waals surface area contributed by atoms with E-state index in [-0.39, 0.29) is 25.1 Å². The van der Waals surface area contributed by atoms with Crippen molar-refractivity contribution >= 4 is 11.9 Å². The molecule has 1 aliphatic carbocycles. The number of carbonyl (C=O) groups is 2. The number of amides is 1. The van der Waals surface area contributed by atoms with E-state index < -0.39 is 5.97 Å². The fourth-order valence-corrected chi connectivity index (χ4v) is 2.72. The molecule has 1 aromatic heterocycles. The van der Waals surface area contributed by atoms with Crippen LogP contribution in [0.5, 0.6) is 0 Å². The molecule has 1 atom stereocenters. The summed E-state index contributed by atoms with van der Waals surface area (Å²) in [6.07, 6.45) is 4.26. The van der Waals surface area contributed by atoms with E-state index in [1.165, 1.54) is 16.6 Å². The topological polar surface area (TPSA) is 99.0 Å². The molecule has 3 rings (SSSR count). The number of hydrogen-bond donors (Lipinski definition) is 1. The SMILES string of the molecule is O=C(COC(=O)Cn1cnnn1)NC1CCCc2ccccc21. The second kappa shape index (κ2) is 6.99.